The van der Waals surface area contributed by atoms with Crippen molar-refractivity contribution < 1.29 is 14.3 Å². The van der Waals surface area contributed by atoms with Crippen LogP contribution >= 0.6 is 0 Å². The lowest BCUT2D eigenvalue weighted by Crippen LogP contribution is -2.67. The fourth-order valence-electron chi connectivity index (χ4n) is 5.26. The fraction of sp³-hybridized carbons (Fsp3) is 0.424. The summed E-state index contributed by atoms with van der Waals surface area (Å²) in [4.78, 5) is 12.9. The van der Waals surface area contributed by atoms with E-state index < -0.39 is 20.5 Å². The number of carbonyl (C=O) groups excluding carboxylic acids is 1. The third-order valence-corrected chi connectivity index (χ3v) is 12.3. The van der Waals surface area contributed by atoms with Crippen LogP contribution < -0.4 is 15.7 Å². The van der Waals surface area contributed by atoms with Crippen molar-refractivity contribution in [1.29, 1.82) is 0 Å². The summed E-state index contributed by atoms with van der Waals surface area (Å²) in [5, 5.41) is 16.8. The Balaban J connectivity index is 1.86. The van der Waals surface area contributed by atoms with E-state index in [0.29, 0.717) is 6.42 Å². The molecule has 5 heteroatoms. The minimum atomic E-state index is -2.81. The molecule has 2 atom stereocenters. The lowest BCUT2D eigenvalue weighted by atomic mass is 10.0. The van der Waals surface area contributed by atoms with E-state index in [9.17, 15) is 9.90 Å². The van der Waals surface area contributed by atoms with Crippen LogP contribution in [0, 0.1) is 0 Å². The highest BCUT2D eigenvalue weighted by Gasteiger charge is 2.50. The Morgan fingerprint density at radius 3 is 1.82 bits per heavy atom. The molecule has 0 radical (unpaired) electrons. The number of rotatable bonds is 14. The molecule has 2 unspecified atom stereocenters. The van der Waals surface area contributed by atoms with Crippen LogP contribution in [-0.2, 0) is 9.22 Å². The first kappa shape index (κ1) is 29.8. The van der Waals surface area contributed by atoms with Crippen molar-refractivity contribution in [2.75, 3.05) is 6.61 Å². The van der Waals surface area contributed by atoms with E-state index >= 15 is 0 Å². The van der Waals surface area contributed by atoms with Gasteiger partial charge >= 0.3 is 0 Å². The van der Waals surface area contributed by atoms with Crippen LogP contribution in [0.1, 0.15) is 77.8 Å². The van der Waals surface area contributed by atoms with Gasteiger partial charge in [0.25, 0.3) is 8.32 Å². The summed E-state index contributed by atoms with van der Waals surface area (Å²) in [6.07, 6.45) is 5.02. The van der Waals surface area contributed by atoms with Gasteiger partial charge in [-0.1, -0.05) is 144 Å². The Bertz CT molecular complexity index is 1040. The molecule has 0 spiro atoms. The van der Waals surface area contributed by atoms with E-state index in [0.717, 1.165) is 24.8 Å². The Morgan fingerprint density at radius 1 is 0.816 bits per heavy atom. The van der Waals surface area contributed by atoms with Crippen LogP contribution in [0.4, 0.5) is 0 Å². The Kier molecular flexibility index (Phi) is 11.3. The second-order valence-electron chi connectivity index (χ2n) is 11.2. The van der Waals surface area contributed by atoms with Crippen LogP contribution in [0.3, 0.4) is 0 Å². The monoisotopic (exact) mass is 531 g/mol. The zero-order valence-corrected chi connectivity index (χ0v) is 24.5. The van der Waals surface area contributed by atoms with E-state index in [4.69, 9.17) is 4.43 Å². The van der Waals surface area contributed by atoms with Crippen molar-refractivity contribution in [3.8, 4) is 0 Å². The normalized spacial score (nSPS) is 13.6. The number of hydrogen-bond acceptors (Lipinski definition) is 3. The van der Waals surface area contributed by atoms with Gasteiger partial charge in [-0.15, -0.1) is 0 Å². The molecule has 0 saturated heterocycles. The third-order valence-electron chi connectivity index (χ3n) is 7.25. The van der Waals surface area contributed by atoms with Gasteiger partial charge in [-0.3, -0.25) is 4.79 Å². The van der Waals surface area contributed by atoms with Gasteiger partial charge in [0.15, 0.2) is 0 Å². The molecule has 3 aromatic rings. The maximum Gasteiger partial charge on any atom is 0.261 e. The first-order valence-electron chi connectivity index (χ1n) is 14.1. The number of hydrogen-bond donors (Lipinski definition) is 2. The first-order valence-corrected chi connectivity index (χ1v) is 16.0. The molecule has 0 aliphatic heterocycles. The van der Waals surface area contributed by atoms with E-state index in [-0.39, 0.29) is 17.6 Å². The van der Waals surface area contributed by atoms with Gasteiger partial charge in [0.1, 0.15) is 6.10 Å². The quantitative estimate of drug-likeness (QED) is 0.194. The van der Waals surface area contributed by atoms with Gasteiger partial charge in [0.05, 0.1) is 12.6 Å². The van der Waals surface area contributed by atoms with Crippen LogP contribution in [-0.4, -0.2) is 32.0 Å². The molecule has 0 fully saturated rings. The Morgan fingerprint density at radius 2 is 1.32 bits per heavy atom. The average Bonchev–Trinajstić information content (AvgIpc) is 2.93. The molecule has 0 saturated carbocycles. The number of amides is 1. The zero-order chi connectivity index (χ0) is 27.4. The fourth-order valence-corrected chi connectivity index (χ4v) is 9.84. The van der Waals surface area contributed by atoms with Gasteiger partial charge in [0.2, 0.25) is 5.91 Å². The molecular weight excluding hydrogens is 486 g/mol. The van der Waals surface area contributed by atoms with Gasteiger partial charge in [-0.2, -0.15) is 0 Å². The molecule has 0 bridgehead atoms. The van der Waals surface area contributed by atoms with Crippen molar-refractivity contribution in [3.05, 3.63) is 96.6 Å². The Labute approximate surface area is 230 Å². The van der Waals surface area contributed by atoms with Crippen molar-refractivity contribution >= 4 is 24.6 Å². The molecule has 3 aromatic carbocycles. The van der Waals surface area contributed by atoms with E-state index in [1.807, 2.05) is 42.5 Å². The predicted molar refractivity (Wildman–Crippen MR) is 160 cm³/mol. The molecule has 0 aliphatic carbocycles. The highest BCUT2D eigenvalue weighted by atomic mass is 28.4. The molecular formula is C33H45NO3Si. The largest absolute Gasteiger partial charge is 0.405 e. The minimum absolute atomic E-state index is 0.0279. The topological polar surface area (TPSA) is 58.6 Å². The molecule has 1 amide bonds. The van der Waals surface area contributed by atoms with Crippen molar-refractivity contribution in [1.82, 2.24) is 5.32 Å². The third kappa shape index (κ3) is 7.65. The van der Waals surface area contributed by atoms with Crippen molar-refractivity contribution in [2.45, 2.75) is 83.4 Å². The highest BCUT2D eigenvalue weighted by molar-refractivity contribution is 6.99. The summed E-state index contributed by atoms with van der Waals surface area (Å²) >= 11 is 0. The van der Waals surface area contributed by atoms with Crippen LogP contribution in [0.2, 0.25) is 5.04 Å². The van der Waals surface area contributed by atoms with Crippen LogP contribution in [0.15, 0.2) is 91.0 Å². The number of unbranched alkanes of at least 4 members (excludes halogenated alkanes) is 4. The van der Waals surface area contributed by atoms with E-state index in [2.05, 4.69) is 81.5 Å². The molecule has 0 heterocycles. The minimum Gasteiger partial charge on any atom is -0.405 e. The van der Waals surface area contributed by atoms with Crippen molar-refractivity contribution in [2.24, 2.45) is 0 Å². The maximum absolute atomic E-state index is 12.9. The van der Waals surface area contributed by atoms with Crippen molar-refractivity contribution in [3.63, 3.8) is 0 Å². The lowest BCUT2D eigenvalue weighted by Gasteiger charge is -2.43. The number of nitrogens with one attached hydrogen (secondary N) is 1. The Hall–Kier alpha value is -2.73. The molecule has 3 rings (SSSR count). The molecule has 2 N–H and O–H groups in total. The number of carbonyl (C=O) groups is 1. The van der Waals surface area contributed by atoms with Gasteiger partial charge in [-0.05, 0) is 27.4 Å². The second kappa shape index (κ2) is 14.4. The molecule has 0 aromatic heterocycles. The van der Waals surface area contributed by atoms with Gasteiger partial charge in [0, 0.05) is 6.42 Å². The maximum atomic E-state index is 12.9. The smallest absolute Gasteiger partial charge is 0.261 e. The molecule has 38 heavy (non-hydrogen) atoms. The van der Waals surface area contributed by atoms with Crippen LogP contribution in [0.25, 0.3) is 0 Å². The summed E-state index contributed by atoms with van der Waals surface area (Å²) in [6.45, 7) is 8.97. The number of aliphatic hydroxyl groups is 1. The number of benzene rings is 3. The second-order valence-corrected chi connectivity index (χ2v) is 15.5. The highest BCUT2D eigenvalue weighted by Crippen LogP contribution is 2.37. The average molecular weight is 532 g/mol. The van der Waals surface area contributed by atoms with Gasteiger partial charge in [-0.25, -0.2) is 0 Å². The van der Waals surface area contributed by atoms with E-state index in [1.165, 1.54) is 23.2 Å². The summed E-state index contributed by atoms with van der Waals surface area (Å²) in [5.41, 5.74) is 0.880. The number of aliphatic hydroxyl groups excluding tert-OH is 1. The zero-order valence-electron chi connectivity index (χ0n) is 23.5. The lowest BCUT2D eigenvalue weighted by molar-refractivity contribution is -0.123. The predicted octanol–water partition coefficient (Wildman–Crippen LogP) is 6.14. The first-order chi connectivity index (χ1) is 18.3. The summed E-state index contributed by atoms with van der Waals surface area (Å²) in [5.74, 6) is -0.0279. The molecule has 204 valence electrons. The molecule has 4 nitrogen and oxygen atoms in total. The summed E-state index contributed by atoms with van der Waals surface area (Å²) in [7, 11) is -2.81. The van der Waals surface area contributed by atoms with Crippen LogP contribution in [0.5, 0.6) is 0 Å². The van der Waals surface area contributed by atoms with E-state index in [1.54, 1.807) is 0 Å². The summed E-state index contributed by atoms with van der Waals surface area (Å²) in [6, 6.07) is 30.0. The standard InChI is InChI=1S/C33H45NO3Si/c1-5-6-7-8-18-25-31(36)34-32(27-19-12-9-13-20-27)30(35)26-37-38(33(2,3)4,28-21-14-10-15-22-28)29-23-16-11-17-24-29/h9-17,19-24,30,32,35H,5-8,18,25-26H2,1-4H3,(H,34,36). The van der Waals surface area contributed by atoms with Gasteiger partial charge < -0.3 is 14.8 Å². The molecule has 0 aliphatic rings. The summed E-state index contributed by atoms with van der Waals surface area (Å²) < 4.78 is 6.98. The SMILES string of the molecule is CCCCCCCC(=O)NC(c1ccccc1)C(O)CO[Si](c1ccccc1)(c1ccccc1)C(C)(C)C.